The molecule has 1 aliphatic rings. The molecule has 1 unspecified atom stereocenters. The fourth-order valence-corrected chi connectivity index (χ4v) is 3.12. The van der Waals surface area contributed by atoms with Crippen LogP contribution in [-0.4, -0.2) is 30.0 Å². The maximum absolute atomic E-state index is 12.7. The predicted molar refractivity (Wildman–Crippen MR) is 92.2 cm³/mol. The standard InChI is InChI=1S/C19H20ClNO2/c1-14-6-4-7-15(12-14)23-16-8-5-11-21(13-16)19(22)17-9-2-3-10-18(17)20/h2-4,6-7,9-10,12,16H,5,8,11,13H2,1H3. The third kappa shape index (κ3) is 3.85. The van der Waals surface area contributed by atoms with E-state index in [1.165, 1.54) is 5.56 Å². The minimum Gasteiger partial charge on any atom is -0.489 e. The van der Waals surface area contributed by atoms with Gasteiger partial charge in [-0.25, -0.2) is 0 Å². The second kappa shape index (κ2) is 7.05. The number of ether oxygens (including phenoxy) is 1. The van der Waals surface area contributed by atoms with Crippen molar-refractivity contribution >= 4 is 17.5 Å². The fraction of sp³-hybridized carbons (Fsp3) is 0.316. The van der Waals surface area contributed by atoms with Crippen molar-refractivity contribution < 1.29 is 9.53 Å². The van der Waals surface area contributed by atoms with E-state index in [1.807, 2.05) is 48.2 Å². The molecule has 0 aliphatic carbocycles. The number of nitrogens with zero attached hydrogens (tertiary/aromatic N) is 1. The van der Waals surface area contributed by atoms with Gasteiger partial charge in [-0.3, -0.25) is 4.79 Å². The number of benzene rings is 2. The van der Waals surface area contributed by atoms with Crippen molar-refractivity contribution in [1.29, 1.82) is 0 Å². The Kier molecular flexibility index (Phi) is 4.87. The third-order valence-electron chi connectivity index (χ3n) is 4.06. The molecular formula is C19H20ClNO2. The maximum atomic E-state index is 12.7. The molecule has 1 amide bonds. The van der Waals surface area contributed by atoms with Crippen LogP contribution in [-0.2, 0) is 0 Å². The molecule has 1 heterocycles. The monoisotopic (exact) mass is 329 g/mol. The molecule has 0 N–H and O–H groups in total. The summed E-state index contributed by atoms with van der Waals surface area (Å²) in [4.78, 5) is 14.5. The lowest BCUT2D eigenvalue weighted by Crippen LogP contribution is -2.44. The number of hydrogen-bond donors (Lipinski definition) is 0. The summed E-state index contributed by atoms with van der Waals surface area (Å²) >= 11 is 6.14. The van der Waals surface area contributed by atoms with Gasteiger partial charge in [0, 0.05) is 6.54 Å². The number of likely N-dealkylation sites (tertiary alicyclic amines) is 1. The molecule has 23 heavy (non-hydrogen) atoms. The Morgan fingerprint density at radius 1 is 1.22 bits per heavy atom. The minimum absolute atomic E-state index is 0.0202. The first kappa shape index (κ1) is 15.9. The lowest BCUT2D eigenvalue weighted by Gasteiger charge is -2.33. The van der Waals surface area contributed by atoms with Crippen LogP contribution < -0.4 is 4.74 Å². The van der Waals surface area contributed by atoms with Crippen LogP contribution >= 0.6 is 11.6 Å². The molecule has 3 nitrogen and oxygen atoms in total. The number of carbonyl (C=O) groups excluding carboxylic acids is 1. The Morgan fingerprint density at radius 3 is 2.83 bits per heavy atom. The van der Waals surface area contributed by atoms with E-state index < -0.39 is 0 Å². The molecular weight excluding hydrogens is 310 g/mol. The molecule has 1 aliphatic heterocycles. The van der Waals surface area contributed by atoms with Crippen molar-refractivity contribution in [2.24, 2.45) is 0 Å². The Labute approximate surface area is 141 Å². The average molecular weight is 330 g/mol. The second-order valence-electron chi connectivity index (χ2n) is 5.93. The second-order valence-corrected chi connectivity index (χ2v) is 6.34. The summed E-state index contributed by atoms with van der Waals surface area (Å²) in [5.74, 6) is 0.843. The van der Waals surface area contributed by atoms with E-state index in [0.717, 1.165) is 25.1 Å². The highest BCUT2D eigenvalue weighted by atomic mass is 35.5. The molecule has 0 radical (unpaired) electrons. The number of aryl methyl sites for hydroxylation is 1. The van der Waals surface area contributed by atoms with E-state index in [0.29, 0.717) is 17.1 Å². The van der Waals surface area contributed by atoms with E-state index in [9.17, 15) is 4.79 Å². The van der Waals surface area contributed by atoms with Gasteiger partial charge in [-0.1, -0.05) is 35.9 Å². The quantitative estimate of drug-likeness (QED) is 0.838. The topological polar surface area (TPSA) is 29.5 Å². The van der Waals surface area contributed by atoms with Crippen LogP contribution in [0.3, 0.4) is 0 Å². The molecule has 1 saturated heterocycles. The first-order valence-electron chi connectivity index (χ1n) is 7.90. The molecule has 0 bridgehead atoms. The molecule has 2 aromatic carbocycles. The van der Waals surface area contributed by atoms with E-state index in [1.54, 1.807) is 12.1 Å². The molecule has 120 valence electrons. The van der Waals surface area contributed by atoms with Crippen LogP contribution in [0.25, 0.3) is 0 Å². The smallest absolute Gasteiger partial charge is 0.255 e. The molecule has 0 saturated carbocycles. The fourth-order valence-electron chi connectivity index (χ4n) is 2.90. The van der Waals surface area contributed by atoms with Gasteiger partial charge in [-0.05, 0) is 49.6 Å². The van der Waals surface area contributed by atoms with Crippen LogP contribution in [0.4, 0.5) is 0 Å². The highest BCUT2D eigenvalue weighted by Crippen LogP contribution is 2.23. The highest BCUT2D eigenvalue weighted by Gasteiger charge is 2.26. The van der Waals surface area contributed by atoms with Crippen molar-refractivity contribution in [2.45, 2.75) is 25.9 Å². The van der Waals surface area contributed by atoms with E-state index in [4.69, 9.17) is 16.3 Å². The molecule has 0 aromatic heterocycles. The third-order valence-corrected chi connectivity index (χ3v) is 4.39. The van der Waals surface area contributed by atoms with E-state index >= 15 is 0 Å². The van der Waals surface area contributed by atoms with Gasteiger partial charge in [-0.15, -0.1) is 0 Å². The van der Waals surface area contributed by atoms with Crippen LogP contribution in [0.15, 0.2) is 48.5 Å². The van der Waals surface area contributed by atoms with Crippen LogP contribution in [0.1, 0.15) is 28.8 Å². The highest BCUT2D eigenvalue weighted by molar-refractivity contribution is 6.33. The summed E-state index contributed by atoms with van der Waals surface area (Å²) in [6, 6.07) is 15.2. The summed E-state index contributed by atoms with van der Waals surface area (Å²) in [5.41, 5.74) is 1.73. The van der Waals surface area contributed by atoms with Gasteiger partial charge in [0.15, 0.2) is 0 Å². The van der Waals surface area contributed by atoms with Gasteiger partial charge in [0.1, 0.15) is 11.9 Å². The molecule has 1 atom stereocenters. The van der Waals surface area contributed by atoms with Crippen LogP contribution in [0, 0.1) is 6.92 Å². The largest absolute Gasteiger partial charge is 0.489 e. The maximum Gasteiger partial charge on any atom is 0.255 e. The SMILES string of the molecule is Cc1cccc(OC2CCCN(C(=O)c3ccccc3Cl)C2)c1. The first-order chi connectivity index (χ1) is 11.1. The average Bonchev–Trinajstić information content (AvgIpc) is 2.55. The Morgan fingerprint density at radius 2 is 2.04 bits per heavy atom. The predicted octanol–water partition coefficient (Wildman–Crippen LogP) is 4.33. The summed E-state index contributed by atoms with van der Waals surface area (Å²) in [7, 11) is 0. The molecule has 2 aromatic rings. The van der Waals surface area contributed by atoms with E-state index in [2.05, 4.69) is 0 Å². The van der Waals surface area contributed by atoms with Gasteiger partial charge in [0.25, 0.3) is 5.91 Å². The molecule has 0 spiro atoms. The zero-order valence-corrected chi connectivity index (χ0v) is 13.9. The van der Waals surface area contributed by atoms with Gasteiger partial charge >= 0.3 is 0 Å². The summed E-state index contributed by atoms with van der Waals surface area (Å²) in [5, 5.41) is 0.499. The van der Waals surface area contributed by atoms with Crippen LogP contribution in [0.2, 0.25) is 5.02 Å². The zero-order chi connectivity index (χ0) is 16.2. The van der Waals surface area contributed by atoms with Crippen molar-refractivity contribution in [3.63, 3.8) is 0 Å². The molecule has 4 heteroatoms. The number of carbonyl (C=O) groups is 1. The van der Waals surface area contributed by atoms with Crippen LogP contribution in [0.5, 0.6) is 5.75 Å². The van der Waals surface area contributed by atoms with Crippen molar-refractivity contribution in [1.82, 2.24) is 4.90 Å². The number of rotatable bonds is 3. The summed E-state index contributed by atoms with van der Waals surface area (Å²) in [6.45, 7) is 3.39. The first-order valence-corrected chi connectivity index (χ1v) is 8.28. The number of halogens is 1. The lowest BCUT2D eigenvalue weighted by atomic mass is 10.1. The number of amides is 1. The van der Waals surface area contributed by atoms with Crippen molar-refractivity contribution in [2.75, 3.05) is 13.1 Å². The summed E-state index contributed by atoms with van der Waals surface area (Å²) < 4.78 is 6.06. The van der Waals surface area contributed by atoms with Crippen molar-refractivity contribution in [3.8, 4) is 5.75 Å². The van der Waals surface area contributed by atoms with Gasteiger partial charge in [0.05, 0.1) is 17.1 Å². The molecule has 3 rings (SSSR count). The summed E-state index contributed by atoms with van der Waals surface area (Å²) in [6.07, 6.45) is 1.92. The zero-order valence-electron chi connectivity index (χ0n) is 13.2. The number of piperidine rings is 1. The molecule has 1 fully saturated rings. The lowest BCUT2D eigenvalue weighted by molar-refractivity contribution is 0.0538. The Bertz CT molecular complexity index is 701. The Balaban J connectivity index is 1.68. The van der Waals surface area contributed by atoms with Gasteiger partial charge in [-0.2, -0.15) is 0 Å². The normalized spacial score (nSPS) is 17.8. The number of hydrogen-bond acceptors (Lipinski definition) is 2. The van der Waals surface area contributed by atoms with Gasteiger partial charge < -0.3 is 9.64 Å². The van der Waals surface area contributed by atoms with E-state index in [-0.39, 0.29) is 12.0 Å². The van der Waals surface area contributed by atoms with Crippen molar-refractivity contribution in [3.05, 3.63) is 64.7 Å². The minimum atomic E-state index is -0.0202. The Hall–Kier alpha value is -2.00. The van der Waals surface area contributed by atoms with Gasteiger partial charge in [0.2, 0.25) is 0 Å².